The summed E-state index contributed by atoms with van der Waals surface area (Å²) in [5.74, 6) is 0.201. The SMILES string of the molecule is COCCCNC(=O)COC1CCC(=O)CC1. The Morgan fingerprint density at radius 2 is 2.12 bits per heavy atom. The van der Waals surface area contributed by atoms with E-state index in [1.165, 1.54) is 0 Å². The molecule has 1 rings (SSSR count). The van der Waals surface area contributed by atoms with Gasteiger partial charge >= 0.3 is 0 Å². The fraction of sp³-hybridized carbons (Fsp3) is 0.833. The molecule has 0 radical (unpaired) electrons. The third-order valence-corrected chi connectivity index (χ3v) is 2.79. The van der Waals surface area contributed by atoms with Gasteiger partial charge in [-0.3, -0.25) is 9.59 Å². The second kappa shape index (κ2) is 8.20. The maximum atomic E-state index is 11.4. The summed E-state index contributed by atoms with van der Waals surface area (Å²) in [5.41, 5.74) is 0. The number of carbonyl (C=O) groups excluding carboxylic acids is 2. The predicted octanol–water partition coefficient (Wildman–Crippen LogP) is 0.667. The summed E-state index contributed by atoms with van der Waals surface area (Å²) in [6.07, 6.45) is 3.53. The lowest BCUT2D eigenvalue weighted by Gasteiger charge is -2.21. The van der Waals surface area contributed by atoms with Gasteiger partial charge in [0.1, 0.15) is 12.4 Å². The van der Waals surface area contributed by atoms with Crippen molar-refractivity contribution in [3.05, 3.63) is 0 Å². The summed E-state index contributed by atoms with van der Waals surface area (Å²) >= 11 is 0. The Balaban J connectivity index is 2.01. The first kappa shape index (κ1) is 14.1. The van der Waals surface area contributed by atoms with E-state index in [4.69, 9.17) is 9.47 Å². The molecule has 0 unspecified atom stereocenters. The topological polar surface area (TPSA) is 64.6 Å². The summed E-state index contributed by atoms with van der Waals surface area (Å²) in [4.78, 5) is 22.4. The number of hydrogen-bond acceptors (Lipinski definition) is 4. The molecule has 0 bridgehead atoms. The maximum absolute atomic E-state index is 11.4. The Morgan fingerprint density at radius 3 is 2.76 bits per heavy atom. The van der Waals surface area contributed by atoms with Crippen molar-refractivity contribution in [2.24, 2.45) is 0 Å². The van der Waals surface area contributed by atoms with Crippen molar-refractivity contribution in [2.45, 2.75) is 38.2 Å². The number of ether oxygens (including phenoxy) is 2. The van der Waals surface area contributed by atoms with Crippen LogP contribution in [0.3, 0.4) is 0 Å². The number of carbonyl (C=O) groups is 2. The minimum absolute atomic E-state index is 0.0671. The highest BCUT2D eigenvalue weighted by atomic mass is 16.5. The third-order valence-electron chi connectivity index (χ3n) is 2.79. The lowest BCUT2D eigenvalue weighted by atomic mass is 9.96. The summed E-state index contributed by atoms with van der Waals surface area (Å²) in [6, 6.07) is 0. The molecule has 0 saturated heterocycles. The van der Waals surface area contributed by atoms with Crippen LogP contribution in [0.15, 0.2) is 0 Å². The summed E-state index contributed by atoms with van der Waals surface area (Å²) in [6.45, 7) is 1.34. The van der Waals surface area contributed by atoms with Crippen LogP contribution in [0.2, 0.25) is 0 Å². The van der Waals surface area contributed by atoms with Crippen molar-refractivity contribution < 1.29 is 19.1 Å². The van der Waals surface area contributed by atoms with Crippen molar-refractivity contribution in [3.63, 3.8) is 0 Å². The summed E-state index contributed by atoms with van der Waals surface area (Å²) in [5, 5.41) is 2.75. The summed E-state index contributed by atoms with van der Waals surface area (Å²) in [7, 11) is 1.63. The normalized spacial score (nSPS) is 17.1. The molecule has 0 aromatic carbocycles. The highest BCUT2D eigenvalue weighted by Crippen LogP contribution is 2.17. The zero-order valence-corrected chi connectivity index (χ0v) is 10.4. The van der Waals surface area contributed by atoms with Crippen LogP contribution in [0, 0.1) is 0 Å². The average molecular weight is 243 g/mol. The quantitative estimate of drug-likeness (QED) is 0.667. The minimum atomic E-state index is -0.0991. The van der Waals surface area contributed by atoms with Crippen LogP contribution in [0.5, 0.6) is 0 Å². The highest BCUT2D eigenvalue weighted by Gasteiger charge is 2.19. The van der Waals surface area contributed by atoms with Gasteiger partial charge < -0.3 is 14.8 Å². The van der Waals surface area contributed by atoms with Gasteiger partial charge in [0.25, 0.3) is 0 Å². The van der Waals surface area contributed by atoms with E-state index in [2.05, 4.69) is 5.32 Å². The van der Waals surface area contributed by atoms with Crippen molar-refractivity contribution in [1.29, 1.82) is 0 Å². The van der Waals surface area contributed by atoms with E-state index < -0.39 is 0 Å². The molecule has 0 atom stereocenters. The van der Waals surface area contributed by atoms with Gasteiger partial charge in [-0.15, -0.1) is 0 Å². The maximum Gasteiger partial charge on any atom is 0.246 e. The van der Waals surface area contributed by atoms with Crippen LogP contribution in [0.1, 0.15) is 32.1 Å². The first-order chi connectivity index (χ1) is 8.22. The van der Waals surface area contributed by atoms with Crippen molar-refractivity contribution in [1.82, 2.24) is 5.32 Å². The van der Waals surface area contributed by atoms with Gasteiger partial charge in [0, 0.05) is 33.1 Å². The Hall–Kier alpha value is -0.940. The van der Waals surface area contributed by atoms with Crippen molar-refractivity contribution in [3.8, 4) is 0 Å². The van der Waals surface area contributed by atoms with Crippen molar-refractivity contribution in [2.75, 3.05) is 26.9 Å². The molecule has 1 saturated carbocycles. The Bertz CT molecular complexity index is 245. The molecule has 1 fully saturated rings. The van der Waals surface area contributed by atoms with E-state index in [0.29, 0.717) is 31.8 Å². The van der Waals surface area contributed by atoms with Crippen LogP contribution in [-0.4, -0.2) is 44.7 Å². The molecule has 1 aliphatic carbocycles. The number of ketones is 1. The number of hydrogen-bond donors (Lipinski definition) is 1. The zero-order chi connectivity index (χ0) is 12.5. The van der Waals surface area contributed by atoms with E-state index in [1.807, 2.05) is 0 Å². The van der Waals surface area contributed by atoms with E-state index in [-0.39, 0.29) is 18.6 Å². The fourth-order valence-corrected chi connectivity index (χ4v) is 1.77. The molecule has 98 valence electrons. The van der Waals surface area contributed by atoms with E-state index in [9.17, 15) is 9.59 Å². The molecule has 0 spiro atoms. The first-order valence-electron chi connectivity index (χ1n) is 6.11. The molecule has 5 heteroatoms. The molecule has 0 heterocycles. The summed E-state index contributed by atoms with van der Waals surface area (Å²) < 4.78 is 10.3. The molecule has 0 aromatic heterocycles. The standard InChI is InChI=1S/C12H21NO4/c1-16-8-2-7-13-12(15)9-17-11-5-3-10(14)4-6-11/h11H,2-9H2,1H3,(H,13,15). The van der Waals surface area contributed by atoms with Gasteiger partial charge in [-0.1, -0.05) is 0 Å². The van der Waals surface area contributed by atoms with E-state index >= 15 is 0 Å². The number of methoxy groups -OCH3 is 1. The first-order valence-corrected chi connectivity index (χ1v) is 6.11. The largest absolute Gasteiger partial charge is 0.385 e. The Morgan fingerprint density at radius 1 is 1.41 bits per heavy atom. The molecule has 1 aliphatic rings. The molecule has 5 nitrogen and oxygen atoms in total. The van der Waals surface area contributed by atoms with Crippen LogP contribution in [-0.2, 0) is 19.1 Å². The molecule has 0 aromatic rings. The number of nitrogens with one attached hydrogen (secondary N) is 1. The zero-order valence-electron chi connectivity index (χ0n) is 10.4. The van der Waals surface area contributed by atoms with Crippen molar-refractivity contribution >= 4 is 11.7 Å². The minimum Gasteiger partial charge on any atom is -0.385 e. The Kier molecular flexibility index (Phi) is 6.81. The Labute approximate surface area is 102 Å². The molecule has 1 amide bonds. The number of amides is 1. The molecule has 1 N–H and O–H groups in total. The monoisotopic (exact) mass is 243 g/mol. The fourth-order valence-electron chi connectivity index (χ4n) is 1.77. The smallest absolute Gasteiger partial charge is 0.246 e. The highest BCUT2D eigenvalue weighted by molar-refractivity contribution is 5.79. The van der Waals surface area contributed by atoms with Gasteiger partial charge in [-0.05, 0) is 19.3 Å². The van der Waals surface area contributed by atoms with Crippen LogP contribution in [0.4, 0.5) is 0 Å². The van der Waals surface area contributed by atoms with Crippen LogP contribution >= 0.6 is 0 Å². The van der Waals surface area contributed by atoms with Crippen LogP contribution < -0.4 is 5.32 Å². The van der Waals surface area contributed by atoms with E-state index in [0.717, 1.165) is 19.3 Å². The number of rotatable bonds is 7. The van der Waals surface area contributed by atoms with Gasteiger partial charge in [0.15, 0.2) is 0 Å². The number of Topliss-reactive ketones (excluding diaryl/α,β-unsaturated/α-hetero) is 1. The van der Waals surface area contributed by atoms with Gasteiger partial charge in [-0.2, -0.15) is 0 Å². The second-order valence-corrected chi connectivity index (χ2v) is 4.25. The molecular weight excluding hydrogens is 222 g/mol. The van der Waals surface area contributed by atoms with Gasteiger partial charge in [0.2, 0.25) is 5.91 Å². The molecule has 0 aliphatic heterocycles. The lowest BCUT2D eigenvalue weighted by molar-refractivity contribution is -0.130. The van der Waals surface area contributed by atoms with Crippen LogP contribution in [0.25, 0.3) is 0 Å². The lowest BCUT2D eigenvalue weighted by Crippen LogP contribution is -2.32. The average Bonchev–Trinajstić information content (AvgIpc) is 2.34. The van der Waals surface area contributed by atoms with E-state index in [1.54, 1.807) is 7.11 Å². The van der Waals surface area contributed by atoms with Gasteiger partial charge in [0.05, 0.1) is 6.10 Å². The molecule has 17 heavy (non-hydrogen) atoms. The third kappa shape index (κ3) is 6.38. The molecular formula is C12H21NO4. The predicted molar refractivity (Wildman–Crippen MR) is 62.7 cm³/mol. The second-order valence-electron chi connectivity index (χ2n) is 4.25. The van der Waals surface area contributed by atoms with Gasteiger partial charge in [-0.25, -0.2) is 0 Å².